The number of rotatable bonds is 4. The fourth-order valence-electron chi connectivity index (χ4n) is 2.59. The van der Waals surface area contributed by atoms with Gasteiger partial charge in [0.1, 0.15) is 5.00 Å². The van der Waals surface area contributed by atoms with Crippen LogP contribution in [-0.4, -0.2) is 18.2 Å². The van der Waals surface area contributed by atoms with Gasteiger partial charge in [-0.1, -0.05) is 42.5 Å². The van der Waals surface area contributed by atoms with Crippen molar-refractivity contribution in [3.05, 3.63) is 71.8 Å². The molecule has 29 heavy (non-hydrogen) atoms. The number of anilines is 2. The molecule has 1 aromatic heterocycles. The lowest BCUT2D eigenvalue weighted by Crippen LogP contribution is -2.22. The highest BCUT2D eigenvalue weighted by atomic mass is 32.1. The molecule has 2 N–H and O–H groups in total. The Kier molecular flexibility index (Phi) is 6.19. The van der Waals surface area contributed by atoms with Crippen molar-refractivity contribution in [1.82, 2.24) is 0 Å². The van der Waals surface area contributed by atoms with Gasteiger partial charge in [0.2, 0.25) is 0 Å². The van der Waals surface area contributed by atoms with Crippen molar-refractivity contribution in [2.75, 3.05) is 17.7 Å². The second-order valence-corrected chi connectivity index (χ2v) is 7.29. The fourth-order valence-corrected chi connectivity index (χ4v) is 3.92. The molecule has 0 aliphatic rings. The maximum absolute atomic E-state index is 13.2. The largest absolute Gasteiger partial charge is 0.465 e. The number of esters is 1. The molecule has 9 heteroatoms. The molecule has 4 nitrogen and oxygen atoms in total. The van der Waals surface area contributed by atoms with E-state index in [1.54, 1.807) is 6.07 Å². The summed E-state index contributed by atoms with van der Waals surface area (Å²) in [7, 11) is 1.25. The maximum Gasteiger partial charge on any atom is 0.418 e. The highest BCUT2D eigenvalue weighted by Gasteiger charge is 2.33. The van der Waals surface area contributed by atoms with Crippen LogP contribution in [0.1, 0.15) is 15.9 Å². The number of thiophene rings is 1. The Morgan fingerprint density at radius 2 is 1.69 bits per heavy atom. The van der Waals surface area contributed by atoms with Gasteiger partial charge in [0, 0.05) is 4.88 Å². The van der Waals surface area contributed by atoms with E-state index < -0.39 is 17.7 Å². The monoisotopic (exact) mass is 436 g/mol. The lowest BCUT2D eigenvalue weighted by Gasteiger charge is -2.15. The SMILES string of the molecule is COC(=O)c1cc(-c2ccccc2)sc1NC(=S)Nc1ccccc1C(F)(F)F. The second kappa shape index (κ2) is 8.62. The number of hydrogen-bond donors (Lipinski definition) is 2. The van der Waals surface area contributed by atoms with E-state index in [-0.39, 0.29) is 16.4 Å². The van der Waals surface area contributed by atoms with E-state index >= 15 is 0 Å². The van der Waals surface area contributed by atoms with E-state index in [0.29, 0.717) is 5.00 Å². The summed E-state index contributed by atoms with van der Waals surface area (Å²) in [5.74, 6) is -0.579. The van der Waals surface area contributed by atoms with Crippen LogP contribution in [0, 0.1) is 0 Å². The standard InChI is InChI=1S/C20H15F3N2O2S2/c1-27-18(26)13-11-16(12-7-3-2-4-8-12)29-17(13)25-19(28)24-15-10-6-5-9-14(15)20(21,22)23/h2-11H,1H3,(H2,24,25,28). The zero-order chi connectivity index (χ0) is 21.0. The molecule has 2 aromatic carbocycles. The van der Waals surface area contributed by atoms with Crippen LogP contribution in [0.25, 0.3) is 10.4 Å². The van der Waals surface area contributed by atoms with E-state index in [9.17, 15) is 18.0 Å². The van der Waals surface area contributed by atoms with Crippen LogP contribution in [0.5, 0.6) is 0 Å². The lowest BCUT2D eigenvalue weighted by atomic mass is 10.1. The molecule has 3 aromatic rings. The van der Waals surface area contributed by atoms with Gasteiger partial charge in [-0.05, 0) is 36.0 Å². The van der Waals surface area contributed by atoms with Crippen LogP contribution in [-0.2, 0) is 10.9 Å². The minimum atomic E-state index is -4.53. The molecule has 0 atom stereocenters. The lowest BCUT2D eigenvalue weighted by molar-refractivity contribution is -0.136. The summed E-state index contributed by atoms with van der Waals surface area (Å²) in [6, 6.07) is 16.0. The van der Waals surface area contributed by atoms with Gasteiger partial charge in [-0.15, -0.1) is 11.3 Å². The molecule has 150 valence electrons. The zero-order valence-electron chi connectivity index (χ0n) is 15.0. The van der Waals surface area contributed by atoms with Crippen LogP contribution in [0.3, 0.4) is 0 Å². The molecule has 0 saturated carbocycles. The number of alkyl halides is 3. The van der Waals surface area contributed by atoms with E-state index in [0.717, 1.165) is 16.5 Å². The van der Waals surface area contributed by atoms with E-state index in [1.165, 1.54) is 36.6 Å². The van der Waals surface area contributed by atoms with Crippen LogP contribution in [0.2, 0.25) is 0 Å². The number of carbonyl (C=O) groups is 1. The summed E-state index contributed by atoms with van der Waals surface area (Å²) in [6.45, 7) is 0. The highest BCUT2D eigenvalue weighted by Crippen LogP contribution is 2.37. The first-order chi connectivity index (χ1) is 13.8. The normalized spacial score (nSPS) is 11.0. The Balaban J connectivity index is 1.87. The minimum absolute atomic E-state index is 0.0756. The first kappa shape index (κ1) is 20.8. The van der Waals surface area contributed by atoms with Crippen molar-refractivity contribution < 1.29 is 22.7 Å². The van der Waals surface area contributed by atoms with Crippen LogP contribution in [0.15, 0.2) is 60.7 Å². The van der Waals surface area contributed by atoms with Crippen LogP contribution < -0.4 is 10.6 Å². The number of ether oxygens (including phenoxy) is 1. The van der Waals surface area contributed by atoms with Crippen molar-refractivity contribution in [1.29, 1.82) is 0 Å². The minimum Gasteiger partial charge on any atom is -0.465 e. The van der Waals surface area contributed by atoms with Crippen molar-refractivity contribution in [2.24, 2.45) is 0 Å². The number of methoxy groups -OCH3 is 1. The van der Waals surface area contributed by atoms with Crippen molar-refractivity contribution in [3.63, 3.8) is 0 Å². The summed E-state index contributed by atoms with van der Waals surface area (Å²) in [6.07, 6.45) is -4.53. The van der Waals surface area contributed by atoms with Gasteiger partial charge < -0.3 is 15.4 Å². The predicted molar refractivity (Wildman–Crippen MR) is 112 cm³/mol. The molecule has 0 aliphatic carbocycles. The third kappa shape index (κ3) is 4.93. The zero-order valence-corrected chi connectivity index (χ0v) is 16.7. The number of nitrogens with one attached hydrogen (secondary N) is 2. The predicted octanol–water partition coefficient (Wildman–Crippen LogP) is 6.03. The average Bonchev–Trinajstić information content (AvgIpc) is 3.11. The first-order valence-corrected chi connectivity index (χ1v) is 9.54. The molecule has 3 rings (SSSR count). The molecule has 0 unspecified atom stereocenters. The molecular weight excluding hydrogens is 421 g/mol. The van der Waals surface area contributed by atoms with Gasteiger partial charge in [0.15, 0.2) is 5.11 Å². The van der Waals surface area contributed by atoms with Crippen molar-refractivity contribution >= 4 is 45.3 Å². The third-order valence-corrected chi connectivity index (χ3v) is 5.21. The number of para-hydroxylation sites is 1. The summed E-state index contributed by atoms with van der Waals surface area (Å²) in [4.78, 5) is 12.9. The summed E-state index contributed by atoms with van der Waals surface area (Å²) >= 11 is 6.42. The summed E-state index contributed by atoms with van der Waals surface area (Å²) in [5, 5.41) is 5.66. The van der Waals surface area contributed by atoms with Gasteiger partial charge >= 0.3 is 12.1 Å². The third-order valence-electron chi connectivity index (χ3n) is 3.90. The Hall–Kier alpha value is -2.91. The van der Waals surface area contributed by atoms with Crippen molar-refractivity contribution in [2.45, 2.75) is 6.18 Å². The quantitative estimate of drug-likeness (QED) is 0.386. The molecule has 0 aliphatic heterocycles. The Bertz CT molecular complexity index is 1030. The Morgan fingerprint density at radius 3 is 2.34 bits per heavy atom. The molecule has 0 amide bonds. The van der Waals surface area contributed by atoms with Gasteiger partial charge in [-0.3, -0.25) is 0 Å². The summed E-state index contributed by atoms with van der Waals surface area (Å²) in [5.41, 5.74) is 0.104. The molecular formula is C20H15F3N2O2S2. The van der Waals surface area contributed by atoms with Crippen LogP contribution in [0.4, 0.5) is 23.9 Å². The van der Waals surface area contributed by atoms with Gasteiger partial charge in [-0.25, -0.2) is 4.79 Å². The Morgan fingerprint density at radius 1 is 1.03 bits per heavy atom. The van der Waals surface area contributed by atoms with E-state index in [2.05, 4.69) is 10.6 Å². The fraction of sp³-hybridized carbons (Fsp3) is 0.100. The number of halogens is 3. The number of carbonyl (C=O) groups excluding carboxylic acids is 1. The number of hydrogen-bond acceptors (Lipinski definition) is 4. The smallest absolute Gasteiger partial charge is 0.418 e. The van der Waals surface area contributed by atoms with Gasteiger partial charge in [0.25, 0.3) is 0 Å². The van der Waals surface area contributed by atoms with Crippen molar-refractivity contribution in [3.8, 4) is 10.4 Å². The topological polar surface area (TPSA) is 50.4 Å². The maximum atomic E-state index is 13.2. The molecule has 0 spiro atoms. The molecule has 0 radical (unpaired) electrons. The molecule has 0 saturated heterocycles. The first-order valence-electron chi connectivity index (χ1n) is 8.31. The number of benzene rings is 2. The highest BCUT2D eigenvalue weighted by molar-refractivity contribution is 7.80. The summed E-state index contributed by atoms with van der Waals surface area (Å²) < 4.78 is 44.3. The number of thiocarbonyl (C=S) groups is 1. The Labute approximate surface area is 174 Å². The molecule has 0 bridgehead atoms. The molecule has 1 heterocycles. The van der Waals surface area contributed by atoms with E-state index in [1.807, 2.05) is 30.3 Å². The van der Waals surface area contributed by atoms with E-state index in [4.69, 9.17) is 17.0 Å². The second-order valence-electron chi connectivity index (χ2n) is 5.83. The average molecular weight is 436 g/mol. The van der Waals surface area contributed by atoms with Gasteiger partial charge in [0.05, 0.1) is 23.9 Å². The molecule has 0 fully saturated rings. The van der Waals surface area contributed by atoms with Gasteiger partial charge in [-0.2, -0.15) is 13.2 Å². The van der Waals surface area contributed by atoms with Crippen LogP contribution >= 0.6 is 23.6 Å².